The van der Waals surface area contributed by atoms with Gasteiger partial charge in [-0.15, -0.1) is 10.2 Å². The number of nitrogens with zero attached hydrogens (tertiary/aromatic N) is 2. The summed E-state index contributed by atoms with van der Waals surface area (Å²) >= 11 is 6.00. The number of rotatable bonds is 5. The zero-order chi connectivity index (χ0) is 15.1. The molecule has 114 valence electrons. The molecule has 4 rings (SSSR count). The smallest absolute Gasteiger partial charge is 0.230 e. The summed E-state index contributed by atoms with van der Waals surface area (Å²) in [5, 5.41) is 13.2. The zero-order valence-corrected chi connectivity index (χ0v) is 12.9. The van der Waals surface area contributed by atoms with E-state index in [1.807, 2.05) is 31.2 Å². The molecular formula is C16H16ClN3O2. The van der Waals surface area contributed by atoms with Crippen LogP contribution in [0.15, 0.2) is 33.1 Å². The minimum atomic E-state index is 0.0439. The number of halogens is 1. The molecule has 1 aromatic carbocycles. The lowest BCUT2D eigenvalue weighted by molar-refractivity contribution is 0.397. The zero-order valence-electron chi connectivity index (χ0n) is 12.2. The summed E-state index contributed by atoms with van der Waals surface area (Å²) in [7, 11) is 0. The van der Waals surface area contributed by atoms with E-state index in [2.05, 4.69) is 15.5 Å². The molecule has 1 fully saturated rings. The van der Waals surface area contributed by atoms with Crippen LogP contribution in [0.5, 0.6) is 0 Å². The van der Waals surface area contributed by atoms with Crippen LogP contribution in [0, 0.1) is 0 Å². The van der Waals surface area contributed by atoms with Crippen LogP contribution in [0.4, 0.5) is 0 Å². The highest BCUT2D eigenvalue weighted by atomic mass is 35.5. The lowest BCUT2D eigenvalue weighted by Crippen LogP contribution is -2.17. The van der Waals surface area contributed by atoms with Crippen molar-refractivity contribution < 1.29 is 8.83 Å². The van der Waals surface area contributed by atoms with Gasteiger partial charge in [0.05, 0.1) is 12.6 Å². The van der Waals surface area contributed by atoms with Crippen LogP contribution >= 0.6 is 11.6 Å². The van der Waals surface area contributed by atoms with Crippen molar-refractivity contribution in [1.82, 2.24) is 15.5 Å². The van der Waals surface area contributed by atoms with Gasteiger partial charge in [-0.05, 0) is 44.0 Å². The van der Waals surface area contributed by atoms with Gasteiger partial charge in [0.2, 0.25) is 11.8 Å². The van der Waals surface area contributed by atoms with E-state index in [-0.39, 0.29) is 6.04 Å². The maximum absolute atomic E-state index is 6.00. The lowest BCUT2D eigenvalue weighted by Gasteiger charge is -2.08. The summed E-state index contributed by atoms with van der Waals surface area (Å²) in [5.41, 5.74) is 0.835. The Morgan fingerprint density at radius 3 is 2.95 bits per heavy atom. The average Bonchev–Trinajstić information content (AvgIpc) is 3.10. The van der Waals surface area contributed by atoms with Crippen LogP contribution in [0.3, 0.4) is 0 Å². The number of aromatic nitrogens is 2. The number of hydrogen-bond acceptors (Lipinski definition) is 5. The first-order chi connectivity index (χ1) is 10.7. The van der Waals surface area contributed by atoms with Crippen LogP contribution in [0.2, 0.25) is 5.02 Å². The third kappa shape index (κ3) is 2.74. The largest absolute Gasteiger partial charge is 0.459 e. The van der Waals surface area contributed by atoms with Gasteiger partial charge >= 0.3 is 0 Å². The Bertz CT molecular complexity index is 807. The van der Waals surface area contributed by atoms with E-state index < -0.39 is 0 Å². The molecule has 3 aromatic rings. The molecule has 0 bridgehead atoms. The van der Waals surface area contributed by atoms with E-state index in [0.717, 1.165) is 35.5 Å². The van der Waals surface area contributed by atoms with E-state index in [4.69, 9.17) is 20.4 Å². The highest BCUT2D eigenvalue weighted by Gasteiger charge is 2.29. The van der Waals surface area contributed by atoms with Gasteiger partial charge in [-0.25, -0.2) is 0 Å². The molecule has 2 aromatic heterocycles. The molecule has 5 nitrogen and oxygen atoms in total. The fourth-order valence-corrected chi connectivity index (χ4v) is 2.60. The van der Waals surface area contributed by atoms with Gasteiger partial charge in [0.1, 0.15) is 11.3 Å². The minimum Gasteiger partial charge on any atom is -0.459 e. The van der Waals surface area contributed by atoms with Crippen molar-refractivity contribution in [3.63, 3.8) is 0 Å². The van der Waals surface area contributed by atoms with Crippen molar-refractivity contribution in [1.29, 1.82) is 0 Å². The molecule has 2 heterocycles. The second kappa shape index (κ2) is 5.41. The third-order valence-corrected chi connectivity index (χ3v) is 4.13. The highest BCUT2D eigenvalue weighted by molar-refractivity contribution is 6.31. The SMILES string of the molecule is CC(NCc1nnc(C2CC2)o1)c1cc2cc(Cl)ccc2o1. The van der Waals surface area contributed by atoms with Crippen molar-refractivity contribution in [2.45, 2.75) is 38.3 Å². The molecule has 1 saturated carbocycles. The molecule has 1 aliphatic carbocycles. The van der Waals surface area contributed by atoms with E-state index in [0.29, 0.717) is 23.4 Å². The average molecular weight is 318 g/mol. The Morgan fingerprint density at radius 2 is 2.14 bits per heavy atom. The first-order valence-corrected chi connectivity index (χ1v) is 7.81. The number of furan rings is 1. The molecule has 0 aliphatic heterocycles. The summed E-state index contributed by atoms with van der Waals surface area (Å²) in [6.07, 6.45) is 2.32. The van der Waals surface area contributed by atoms with E-state index in [1.54, 1.807) is 0 Å². The predicted octanol–water partition coefficient (Wildman–Crippen LogP) is 4.20. The van der Waals surface area contributed by atoms with Gasteiger partial charge in [0.25, 0.3) is 0 Å². The van der Waals surface area contributed by atoms with Crippen molar-refractivity contribution in [3.8, 4) is 0 Å². The topological polar surface area (TPSA) is 64.1 Å². The van der Waals surface area contributed by atoms with Gasteiger partial charge in [-0.2, -0.15) is 0 Å². The highest BCUT2D eigenvalue weighted by Crippen LogP contribution is 2.39. The lowest BCUT2D eigenvalue weighted by atomic mass is 10.2. The van der Waals surface area contributed by atoms with Crippen LogP contribution < -0.4 is 5.32 Å². The van der Waals surface area contributed by atoms with Gasteiger partial charge in [-0.1, -0.05) is 11.6 Å². The second-order valence-corrected chi connectivity index (χ2v) is 6.18. The van der Waals surface area contributed by atoms with Gasteiger partial charge in [-0.3, -0.25) is 5.32 Å². The molecule has 6 heteroatoms. The Labute approximate surface area is 132 Å². The predicted molar refractivity (Wildman–Crippen MR) is 82.8 cm³/mol. The second-order valence-electron chi connectivity index (χ2n) is 5.74. The molecule has 22 heavy (non-hydrogen) atoms. The van der Waals surface area contributed by atoms with Gasteiger partial charge in [0, 0.05) is 16.3 Å². The monoisotopic (exact) mass is 317 g/mol. The maximum atomic E-state index is 6.00. The van der Waals surface area contributed by atoms with Gasteiger partial charge in [0.15, 0.2) is 0 Å². The van der Waals surface area contributed by atoms with Crippen LogP contribution in [-0.2, 0) is 6.54 Å². The minimum absolute atomic E-state index is 0.0439. The van der Waals surface area contributed by atoms with Crippen molar-refractivity contribution in [2.24, 2.45) is 0 Å². The summed E-state index contributed by atoms with van der Waals surface area (Å²) in [6.45, 7) is 2.57. The molecule has 1 aliphatic rings. The van der Waals surface area contributed by atoms with E-state index >= 15 is 0 Å². The molecule has 0 radical (unpaired) electrons. The first-order valence-electron chi connectivity index (χ1n) is 7.44. The molecule has 1 N–H and O–H groups in total. The molecule has 0 spiro atoms. The first kappa shape index (κ1) is 13.8. The third-order valence-electron chi connectivity index (χ3n) is 3.89. The molecule has 0 saturated heterocycles. The van der Waals surface area contributed by atoms with Crippen LogP contribution in [-0.4, -0.2) is 10.2 Å². The maximum Gasteiger partial charge on any atom is 0.230 e. The Kier molecular flexibility index (Phi) is 3.39. The van der Waals surface area contributed by atoms with Crippen molar-refractivity contribution in [2.75, 3.05) is 0 Å². The normalized spacial score (nSPS) is 16.3. The van der Waals surface area contributed by atoms with Gasteiger partial charge < -0.3 is 8.83 Å². The summed E-state index contributed by atoms with van der Waals surface area (Å²) in [5.74, 6) is 2.73. The summed E-state index contributed by atoms with van der Waals surface area (Å²) < 4.78 is 11.5. The fraction of sp³-hybridized carbons (Fsp3) is 0.375. The van der Waals surface area contributed by atoms with Crippen molar-refractivity contribution in [3.05, 3.63) is 46.8 Å². The quantitative estimate of drug-likeness (QED) is 0.764. The van der Waals surface area contributed by atoms with E-state index in [1.165, 1.54) is 0 Å². The van der Waals surface area contributed by atoms with Crippen molar-refractivity contribution >= 4 is 22.6 Å². The number of hydrogen-bond donors (Lipinski definition) is 1. The number of benzene rings is 1. The number of fused-ring (bicyclic) bond motifs is 1. The molecule has 1 unspecified atom stereocenters. The Morgan fingerprint density at radius 1 is 1.27 bits per heavy atom. The molecular weight excluding hydrogens is 302 g/mol. The van der Waals surface area contributed by atoms with Crippen LogP contribution in [0.25, 0.3) is 11.0 Å². The summed E-state index contributed by atoms with van der Waals surface area (Å²) in [6, 6.07) is 7.65. The molecule has 1 atom stereocenters. The number of nitrogens with one attached hydrogen (secondary N) is 1. The van der Waals surface area contributed by atoms with E-state index in [9.17, 15) is 0 Å². The van der Waals surface area contributed by atoms with Crippen LogP contribution in [0.1, 0.15) is 49.3 Å². The Hall–Kier alpha value is -1.85. The Balaban J connectivity index is 1.44. The fourth-order valence-electron chi connectivity index (χ4n) is 2.42. The summed E-state index contributed by atoms with van der Waals surface area (Å²) in [4.78, 5) is 0. The standard InChI is InChI=1S/C16H16ClN3O2/c1-9(14-7-11-6-12(17)4-5-13(11)21-14)18-8-15-19-20-16(22-15)10-2-3-10/h4-7,9-10,18H,2-3,8H2,1H3. The molecule has 0 amide bonds.